The van der Waals surface area contributed by atoms with Crippen LogP contribution in [-0.2, 0) is 11.2 Å². The molecule has 0 radical (unpaired) electrons. The molecule has 0 aliphatic carbocycles. The summed E-state index contributed by atoms with van der Waals surface area (Å²) in [5.74, 6) is 0.0899. The van der Waals surface area contributed by atoms with Gasteiger partial charge in [0.15, 0.2) is 0 Å². The predicted molar refractivity (Wildman–Crippen MR) is 92.3 cm³/mol. The third kappa shape index (κ3) is 4.69. The Morgan fingerprint density at radius 2 is 2.20 bits per heavy atom. The second kappa shape index (κ2) is 7.82. The number of nitrogens with zero attached hydrogens (tertiary/aromatic N) is 1. The summed E-state index contributed by atoms with van der Waals surface area (Å²) in [6, 6.07) is 6.04. The van der Waals surface area contributed by atoms with Gasteiger partial charge >= 0.3 is 6.03 Å². The van der Waals surface area contributed by atoms with Gasteiger partial charge < -0.3 is 15.5 Å². The zero-order chi connectivity index (χ0) is 17.8. The van der Waals surface area contributed by atoms with Gasteiger partial charge in [0, 0.05) is 20.1 Å². The van der Waals surface area contributed by atoms with Gasteiger partial charge in [-0.1, -0.05) is 12.1 Å². The Morgan fingerprint density at radius 1 is 1.36 bits per heavy atom. The largest absolute Gasteiger partial charge is 0.339 e. The van der Waals surface area contributed by atoms with Crippen LogP contribution in [0, 0.1) is 11.7 Å². The molecule has 2 heterocycles. The number of carbonyl (C=O) groups excluding carboxylic acids is 2. The average molecular weight is 348 g/mol. The maximum Gasteiger partial charge on any atom is 0.317 e. The minimum atomic E-state index is -0.462. The molecule has 2 fully saturated rings. The number of urea groups is 1. The molecule has 2 saturated heterocycles. The van der Waals surface area contributed by atoms with E-state index in [9.17, 15) is 14.0 Å². The number of nitrogens with one attached hydrogen (secondary N) is 3. The topological polar surface area (TPSA) is 73.5 Å². The number of carbonyl (C=O) groups is 2. The monoisotopic (exact) mass is 348 g/mol. The van der Waals surface area contributed by atoms with Gasteiger partial charge in [-0.05, 0) is 49.3 Å². The van der Waals surface area contributed by atoms with Crippen LogP contribution >= 0.6 is 0 Å². The fourth-order valence-corrected chi connectivity index (χ4v) is 3.43. The number of amides is 3. The van der Waals surface area contributed by atoms with E-state index >= 15 is 0 Å². The van der Waals surface area contributed by atoms with E-state index in [4.69, 9.17) is 0 Å². The molecule has 7 heteroatoms. The number of hydrogen-bond acceptors (Lipinski definition) is 3. The summed E-state index contributed by atoms with van der Waals surface area (Å²) in [5, 5.41) is 9.03. The highest BCUT2D eigenvalue weighted by atomic mass is 19.1. The third-order valence-corrected chi connectivity index (χ3v) is 4.96. The zero-order valence-electron chi connectivity index (χ0n) is 14.4. The molecular weight excluding hydrogens is 323 g/mol. The van der Waals surface area contributed by atoms with Gasteiger partial charge in [0.1, 0.15) is 11.9 Å². The van der Waals surface area contributed by atoms with E-state index in [0.29, 0.717) is 18.9 Å². The van der Waals surface area contributed by atoms with Crippen LogP contribution in [-0.4, -0.2) is 49.2 Å². The van der Waals surface area contributed by atoms with Gasteiger partial charge in [0.2, 0.25) is 5.91 Å². The molecule has 1 aromatic carbocycles. The number of hydrogen-bond donors (Lipinski definition) is 3. The molecule has 2 aliphatic heterocycles. The van der Waals surface area contributed by atoms with E-state index in [2.05, 4.69) is 16.0 Å². The van der Waals surface area contributed by atoms with E-state index in [0.717, 1.165) is 31.4 Å². The van der Waals surface area contributed by atoms with E-state index in [1.165, 1.54) is 6.07 Å². The number of halogens is 1. The van der Waals surface area contributed by atoms with Crippen molar-refractivity contribution in [1.82, 2.24) is 20.9 Å². The van der Waals surface area contributed by atoms with Crippen LogP contribution in [0.15, 0.2) is 24.3 Å². The summed E-state index contributed by atoms with van der Waals surface area (Å²) in [5.41, 5.74) is 1.00. The second-order valence-corrected chi connectivity index (χ2v) is 6.96. The smallest absolute Gasteiger partial charge is 0.317 e. The standard InChI is InChI=1S/C18H25FN4O2/c1-23-8-7-15(21-18(23)25)17(24)22-16-6-5-13(11-20-16)9-12-3-2-4-14(19)10-12/h2-4,10,13,15-16,20H,5-9,11H2,1H3,(H,21,25)(H,22,24). The molecule has 3 N–H and O–H groups in total. The summed E-state index contributed by atoms with van der Waals surface area (Å²) >= 11 is 0. The highest BCUT2D eigenvalue weighted by molar-refractivity contribution is 5.88. The van der Waals surface area contributed by atoms with Crippen LogP contribution in [0.5, 0.6) is 0 Å². The SMILES string of the molecule is CN1CCC(C(=O)NC2CCC(Cc3cccc(F)c3)CN2)NC1=O. The molecule has 1 aromatic rings. The Labute approximate surface area is 147 Å². The molecule has 0 aromatic heterocycles. The Morgan fingerprint density at radius 3 is 2.88 bits per heavy atom. The summed E-state index contributed by atoms with van der Waals surface area (Å²) in [4.78, 5) is 25.5. The zero-order valence-corrected chi connectivity index (χ0v) is 14.4. The van der Waals surface area contributed by atoms with Crippen LogP contribution in [0.2, 0.25) is 0 Å². The molecule has 3 unspecified atom stereocenters. The quantitative estimate of drug-likeness (QED) is 0.766. The van der Waals surface area contributed by atoms with Crippen molar-refractivity contribution >= 4 is 11.9 Å². The van der Waals surface area contributed by atoms with Crippen molar-refractivity contribution in [1.29, 1.82) is 0 Å². The van der Waals surface area contributed by atoms with Crippen molar-refractivity contribution in [3.05, 3.63) is 35.6 Å². The van der Waals surface area contributed by atoms with Gasteiger partial charge in [0.25, 0.3) is 0 Å². The first kappa shape index (κ1) is 17.7. The Balaban J connectivity index is 1.43. The molecule has 0 saturated carbocycles. The van der Waals surface area contributed by atoms with Gasteiger partial charge in [-0.3, -0.25) is 10.1 Å². The fraction of sp³-hybridized carbons (Fsp3) is 0.556. The Bertz CT molecular complexity index is 631. The number of benzene rings is 1. The lowest BCUT2D eigenvalue weighted by molar-refractivity contribution is -0.124. The molecule has 2 aliphatic rings. The lowest BCUT2D eigenvalue weighted by atomic mass is 9.91. The lowest BCUT2D eigenvalue weighted by Gasteiger charge is -2.33. The Hall–Kier alpha value is -2.15. The highest BCUT2D eigenvalue weighted by Crippen LogP contribution is 2.19. The van der Waals surface area contributed by atoms with Crippen LogP contribution in [0.3, 0.4) is 0 Å². The summed E-state index contributed by atoms with van der Waals surface area (Å²) in [6.45, 7) is 1.36. The van der Waals surface area contributed by atoms with E-state index in [1.807, 2.05) is 6.07 Å². The van der Waals surface area contributed by atoms with Crippen LogP contribution in [0.1, 0.15) is 24.8 Å². The summed E-state index contributed by atoms with van der Waals surface area (Å²) in [6.07, 6.45) is 3.16. The average Bonchev–Trinajstić information content (AvgIpc) is 2.59. The number of piperidine rings is 1. The molecule has 0 bridgehead atoms. The number of rotatable bonds is 4. The van der Waals surface area contributed by atoms with Crippen molar-refractivity contribution < 1.29 is 14.0 Å². The van der Waals surface area contributed by atoms with Crippen molar-refractivity contribution in [2.75, 3.05) is 20.1 Å². The van der Waals surface area contributed by atoms with Crippen molar-refractivity contribution in [2.24, 2.45) is 5.92 Å². The molecule has 3 atom stereocenters. The normalized spacial score (nSPS) is 26.9. The van der Waals surface area contributed by atoms with Crippen LogP contribution in [0.25, 0.3) is 0 Å². The lowest BCUT2D eigenvalue weighted by Crippen LogP contribution is -2.59. The first-order valence-corrected chi connectivity index (χ1v) is 8.81. The van der Waals surface area contributed by atoms with Gasteiger partial charge in [0.05, 0.1) is 6.17 Å². The molecular formula is C18H25FN4O2. The predicted octanol–water partition coefficient (Wildman–Crippen LogP) is 1.22. The minimum Gasteiger partial charge on any atom is -0.339 e. The van der Waals surface area contributed by atoms with Crippen molar-refractivity contribution in [3.63, 3.8) is 0 Å². The third-order valence-electron chi connectivity index (χ3n) is 4.96. The fourth-order valence-electron chi connectivity index (χ4n) is 3.43. The molecule has 136 valence electrons. The van der Waals surface area contributed by atoms with Gasteiger partial charge in [-0.15, -0.1) is 0 Å². The molecule has 25 heavy (non-hydrogen) atoms. The van der Waals surface area contributed by atoms with Gasteiger partial charge in [-0.25, -0.2) is 9.18 Å². The van der Waals surface area contributed by atoms with Crippen LogP contribution in [0.4, 0.5) is 9.18 Å². The maximum atomic E-state index is 13.3. The summed E-state index contributed by atoms with van der Waals surface area (Å²) in [7, 11) is 1.71. The van der Waals surface area contributed by atoms with E-state index in [1.54, 1.807) is 24.1 Å². The first-order valence-electron chi connectivity index (χ1n) is 8.81. The summed E-state index contributed by atoms with van der Waals surface area (Å²) < 4.78 is 13.3. The second-order valence-electron chi connectivity index (χ2n) is 6.96. The Kier molecular flexibility index (Phi) is 5.53. The van der Waals surface area contributed by atoms with E-state index in [-0.39, 0.29) is 23.9 Å². The molecule has 3 amide bonds. The van der Waals surface area contributed by atoms with Crippen molar-refractivity contribution in [2.45, 2.75) is 37.9 Å². The van der Waals surface area contributed by atoms with E-state index < -0.39 is 6.04 Å². The van der Waals surface area contributed by atoms with Crippen molar-refractivity contribution in [3.8, 4) is 0 Å². The molecule has 0 spiro atoms. The maximum absolute atomic E-state index is 13.3. The van der Waals surface area contributed by atoms with Gasteiger partial charge in [-0.2, -0.15) is 0 Å². The first-order chi connectivity index (χ1) is 12.0. The highest BCUT2D eigenvalue weighted by Gasteiger charge is 2.30. The molecule has 3 rings (SSSR count). The molecule has 6 nitrogen and oxygen atoms in total. The van der Waals surface area contributed by atoms with Crippen LogP contribution < -0.4 is 16.0 Å². The minimum absolute atomic E-state index is 0.0761.